The van der Waals surface area contributed by atoms with Gasteiger partial charge < -0.3 is 10.4 Å². The number of aromatic nitrogens is 2. The summed E-state index contributed by atoms with van der Waals surface area (Å²) >= 11 is 6.36. The van der Waals surface area contributed by atoms with Gasteiger partial charge in [-0.1, -0.05) is 54.1 Å². The molecule has 122 valence electrons. The molecule has 2 N–H and O–H groups in total. The Morgan fingerprint density at radius 1 is 1.17 bits per heavy atom. The molecule has 0 spiro atoms. The van der Waals surface area contributed by atoms with Crippen LogP contribution in [0.25, 0.3) is 0 Å². The fraction of sp³-hybridized carbons (Fsp3) is 0.111. The second-order valence-electron chi connectivity index (χ2n) is 5.37. The molecular weight excluding hydrogens is 326 g/mol. The quantitative estimate of drug-likeness (QED) is 0.708. The van der Waals surface area contributed by atoms with Crippen LogP contribution in [0.5, 0.6) is 5.75 Å². The Bertz CT molecular complexity index is 875. The van der Waals surface area contributed by atoms with Gasteiger partial charge in [-0.2, -0.15) is 5.10 Å². The van der Waals surface area contributed by atoms with E-state index in [1.807, 2.05) is 30.3 Å². The Hall–Kier alpha value is -2.79. The minimum absolute atomic E-state index is 0.00342. The summed E-state index contributed by atoms with van der Waals surface area (Å²) in [4.78, 5) is 12.5. The van der Waals surface area contributed by atoms with Crippen molar-refractivity contribution in [2.75, 3.05) is 5.32 Å². The minimum Gasteiger partial charge on any atom is -0.506 e. The fourth-order valence-corrected chi connectivity index (χ4v) is 2.76. The lowest BCUT2D eigenvalue weighted by Gasteiger charge is -2.07. The van der Waals surface area contributed by atoms with Crippen molar-refractivity contribution in [3.63, 3.8) is 0 Å². The van der Waals surface area contributed by atoms with E-state index in [1.165, 1.54) is 6.07 Å². The van der Waals surface area contributed by atoms with Crippen molar-refractivity contribution in [3.05, 3.63) is 76.6 Å². The van der Waals surface area contributed by atoms with Crippen molar-refractivity contribution in [1.82, 2.24) is 9.78 Å². The number of hydrogen-bond donors (Lipinski definition) is 2. The summed E-state index contributed by atoms with van der Waals surface area (Å²) in [6.45, 7) is 2.21. The number of carbonyl (C=O) groups is 1. The number of aromatic hydroxyl groups is 1. The maximum absolute atomic E-state index is 12.5. The maximum Gasteiger partial charge on any atom is 0.260 e. The van der Waals surface area contributed by atoms with Crippen molar-refractivity contribution in [2.24, 2.45) is 0 Å². The van der Waals surface area contributed by atoms with Crippen molar-refractivity contribution in [1.29, 1.82) is 0 Å². The molecule has 0 bridgehead atoms. The second-order valence-corrected chi connectivity index (χ2v) is 5.72. The molecule has 6 heteroatoms. The molecule has 3 rings (SSSR count). The summed E-state index contributed by atoms with van der Waals surface area (Å²) < 4.78 is 1.59. The van der Waals surface area contributed by atoms with Crippen molar-refractivity contribution in [3.8, 4) is 5.75 Å². The number of halogens is 1. The summed E-state index contributed by atoms with van der Waals surface area (Å²) in [5.41, 5.74) is 2.20. The Kier molecular flexibility index (Phi) is 4.53. The molecule has 0 aliphatic heterocycles. The smallest absolute Gasteiger partial charge is 0.260 e. The number of phenolic OH excluding ortho intramolecular Hbond substituents is 1. The largest absolute Gasteiger partial charge is 0.506 e. The van der Waals surface area contributed by atoms with Gasteiger partial charge in [0.15, 0.2) is 0 Å². The van der Waals surface area contributed by atoms with E-state index in [0.29, 0.717) is 23.5 Å². The number of aryl methyl sites for hydroxylation is 1. The Morgan fingerprint density at radius 2 is 1.83 bits per heavy atom. The molecule has 0 aliphatic rings. The van der Waals surface area contributed by atoms with Crippen LogP contribution in [0.2, 0.25) is 5.15 Å². The summed E-state index contributed by atoms with van der Waals surface area (Å²) in [6.07, 6.45) is 0. The lowest BCUT2D eigenvalue weighted by atomic mass is 10.2. The summed E-state index contributed by atoms with van der Waals surface area (Å²) in [5.74, 6) is -0.408. The van der Waals surface area contributed by atoms with Gasteiger partial charge in [0.1, 0.15) is 10.9 Å². The zero-order valence-electron chi connectivity index (χ0n) is 13.0. The number of rotatable bonds is 4. The van der Waals surface area contributed by atoms with E-state index in [2.05, 4.69) is 10.4 Å². The van der Waals surface area contributed by atoms with E-state index < -0.39 is 5.91 Å². The lowest BCUT2D eigenvalue weighted by molar-refractivity contribution is 0.102. The van der Waals surface area contributed by atoms with Crippen LogP contribution in [-0.4, -0.2) is 20.8 Å². The van der Waals surface area contributed by atoms with Gasteiger partial charge in [-0.3, -0.25) is 4.79 Å². The van der Waals surface area contributed by atoms with Crippen molar-refractivity contribution < 1.29 is 9.90 Å². The average molecular weight is 342 g/mol. The summed E-state index contributed by atoms with van der Waals surface area (Å²) in [7, 11) is 0. The summed E-state index contributed by atoms with van der Waals surface area (Å²) in [6, 6.07) is 16.3. The molecule has 3 aromatic rings. The van der Waals surface area contributed by atoms with E-state index in [9.17, 15) is 9.90 Å². The first-order valence-corrected chi connectivity index (χ1v) is 7.80. The van der Waals surface area contributed by atoms with Gasteiger partial charge >= 0.3 is 0 Å². The first-order valence-electron chi connectivity index (χ1n) is 7.42. The molecule has 0 fully saturated rings. The zero-order valence-corrected chi connectivity index (χ0v) is 13.8. The first-order chi connectivity index (χ1) is 11.6. The zero-order chi connectivity index (χ0) is 17.1. The molecule has 1 aromatic heterocycles. The minimum atomic E-state index is -0.404. The molecule has 1 heterocycles. The predicted octanol–water partition coefficient (Wildman–Crippen LogP) is 3.85. The molecular formula is C18H16ClN3O2. The third-order valence-corrected chi connectivity index (χ3v) is 4.00. The molecule has 0 unspecified atom stereocenters. The van der Waals surface area contributed by atoms with Crippen LogP contribution in [0.3, 0.4) is 0 Å². The topological polar surface area (TPSA) is 67.2 Å². The highest BCUT2D eigenvalue weighted by atomic mass is 35.5. The van der Waals surface area contributed by atoms with Crippen LogP contribution in [0.15, 0.2) is 54.6 Å². The molecule has 0 aliphatic carbocycles. The molecule has 2 aromatic carbocycles. The third kappa shape index (κ3) is 3.26. The van der Waals surface area contributed by atoms with Gasteiger partial charge in [0, 0.05) is 0 Å². The molecule has 0 saturated carbocycles. The highest BCUT2D eigenvalue weighted by Gasteiger charge is 2.21. The summed E-state index contributed by atoms with van der Waals surface area (Å²) in [5, 5.41) is 17.1. The van der Waals surface area contributed by atoms with Gasteiger partial charge in [0.2, 0.25) is 0 Å². The van der Waals surface area contributed by atoms with Crippen molar-refractivity contribution >= 4 is 23.2 Å². The van der Waals surface area contributed by atoms with Crippen LogP contribution in [0.1, 0.15) is 21.6 Å². The Balaban J connectivity index is 1.86. The monoisotopic (exact) mass is 341 g/mol. The van der Waals surface area contributed by atoms with Crippen molar-refractivity contribution in [2.45, 2.75) is 13.5 Å². The van der Waals surface area contributed by atoms with E-state index in [-0.39, 0.29) is 10.9 Å². The van der Waals surface area contributed by atoms with E-state index >= 15 is 0 Å². The number of hydrogen-bond acceptors (Lipinski definition) is 3. The molecule has 5 nitrogen and oxygen atoms in total. The number of nitrogens with zero attached hydrogens (tertiary/aromatic N) is 2. The highest BCUT2D eigenvalue weighted by molar-refractivity contribution is 6.33. The normalized spacial score (nSPS) is 10.6. The Labute approximate surface area is 144 Å². The molecule has 0 saturated heterocycles. The average Bonchev–Trinajstić information content (AvgIpc) is 2.84. The van der Waals surface area contributed by atoms with Crippen LogP contribution in [0, 0.1) is 6.92 Å². The maximum atomic E-state index is 12.5. The predicted molar refractivity (Wildman–Crippen MR) is 93.6 cm³/mol. The Morgan fingerprint density at radius 3 is 2.54 bits per heavy atom. The number of anilines is 1. The lowest BCUT2D eigenvalue weighted by Crippen LogP contribution is -2.13. The molecule has 0 radical (unpaired) electrons. The second kappa shape index (κ2) is 6.76. The fourth-order valence-electron chi connectivity index (χ4n) is 2.44. The molecule has 1 amide bonds. The van der Waals surface area contributed by atoms with E-state index in [1.54, 1.807) is 29.8 Å². The number of carbonyl (C=O) groups excluding carboxylic acids is 1. The van der Waals surface area contributed by atoms with Gasteiger partial charge in [0.25, 0.3) is 5.91 Å². The first kappa shape index (κ1) is 16.1. The van der Waals surface area contributed by atoms with Gasteiger partial charge in [-0.25, -0.2) is 4.68 Å². The van der Waals surface area contributed by atoms with E-state index in [0.717, 1.165) is 5.56 Å². The van der Waals surface area contributed by atoms with Crippen LogP contribution in [-0.2, 0) is 6.54 Å². The van der Waals surface area contributed by atoms with Gasteiger partial charge in [-0.05, 0) is 24.6 Å². The van der Waals surface area contributed by atoms with Gasteiger partial charge in [-0.15, -0.1) is 0 Å². The molecule has 24 heavy (non-hydrogen) atoms. The van der Waals surface area contributed by atoms with E-state index in [4.69, 9.17) is 11.6 Å². The number of benzene rings is 2. The highest BCUT2D eigenvalue weighted by Crippen LogP contribution is 2.25. The number of nitrogens with one attached hydrogen (secondary N) is 1. The van der Waals surface area contributed by atoms with Gasteiger partial charge in [0.05, 0.1) is 23.5 Å². The van der Waals surface area contributed by atoms with Crippen LogP contribution < -0.4 is 5.32 Å². The number of amides is 1. The van der Waals surface area contributed by atoms with Crippen LogP contribution in [0.4, 0.5) is 5.69 Å². The number of para-hydroxylation sites is 2. The number of phenols is 1. The molecule has 0 atom stereocenters. The standard InChI is InChI=1S/C18H16ClN3O2/c1-12-16(18(24)20-14-9-5-6-10-15(14)23)17(19)22(21-12)11-13-7-3-2-4-8-13/h2-10,23H,11H2,1H3,(H,20,24). The SMILES string of the molecule is Cc1nn(Cc2ccccc2)c(Cl)c1C(=O)Nc1ccccc1O. The third-order valence-electron chi connectivity index (χ3n) is 3.62. The van der Waals surface area contributed by atoms with Crippen LogP contribution >= 0.6 is 11.6 Å².